The van der Waals surface area contributed by atoms with Gasteiger partial charge >= 0.3 is 0 Å². The summed E-state index contributed by atoms with van der Waals surface area (Å²) in [6.45, 7) is 3.69. The molecule has 0 aliphatic rings. The van der Waals surface area contributed by atoms with Gasteiger partial charge in [0, 0.05) is 17.8 Å². The van der Waals surface area contributed by atoms with Gasteiger partial charge in [-0.05, 0) is 37.6 Å². The summed E-state index contributed by atoms with van der Waals surface area (Å²) < 4.78 is 27.4. The van der Waals surface area contributed by atoms with Crippen LogP contribution in [0, 0.1) is 18.3 Å². The molecule has 0 spiro atoms. The highest BCUT2D eigenvalue weighted by Gasteiger charge is 2.20. The minimum atomic E-state index is -3.56. The van der Waals surface area contributed by atoms with E-state index < -0.39 is 16.1 Å². The Balaban J connectivity index is 1.83. The minimum Gasteiger partial charge on any atom is -0.508 e. The highest BCUT2D eigenvalue weighted by molar-refractivity contribution is 7.92. The van der Waals surface area contributed by atoms with Crippen LogP contribution in [0.1, 0.15) is 29.9 Å². The Morgan fingerprint density at radius 2 is 2.03 bits per heavy atom. The van der Waals surface area contributed by atoms with Gasteiger partial charge in [-0.25, -0.2) is 27.9 Å². The van der Waals surface area contributed by atoms with Crippen molar-refractivity contribution in [2.24, 2.45) is 0 Å². The van der Waals surface area contributed by atoms with Crippen LogP contribution < -0.4 is 15.8 Å². The van der Waals surface area contributed by atoms with Gasteiger partial charge < -0.3 is 16.2 Å². The summed E-state index contributed by atoms with van der Waals surface area (Å²) in [5.74, 6) is 0.525. The van der Waals surface area contributed by atoms with E-state index >= 15 is 0 Å². The summed E-state index contributed by atoms with van der Waals surface area (Å²) in [5.41, 5.74) is 8.62. The maximum atomic E-state index is 11.7. The maximum Gasteiger partial charge on any atom is 0.229 e. The third kappa shape index (κ3) is 4.52. The second-order valence-electron chi connectivity index (χ2n) is 7.71. The van der Waals surface area contributed by atoms with Gasteiger partial charge in [-0.2, -0.15) is 10.4 Å². The second-order valence-corrected chi connectivity index (χ2v) is 9.46. The number of benzene rings is 1. The highest BCUT2D eigenvalue weighted by Crippen LogP contribution is 2.32. The zero-order valence-corrected chi connectivity index (χ0v) is 19.3. The zero-order valence-electron chi connectivity index (χ0n) is 18.5. The number of nitrogens with two attached hydrogens (primary N) is 1. The van der Waals surface area contributed by atoms with Crippen LogP contribution in [0.3, 0.4) is 0 Å². The molecule has 4 aromatic rings. The number of sulfonamides is 1. The summed E-state index contributed by atoms with van der Waals surface area (Å²) in [6.07, 6.45) is 4.05. The molecule has 13 heteroatoms. The van der Waals surface area contributed by atoms with Gasteiger partial charge in [0.15, 0.2) is 5.82 Å². The molecule has 0 fully saturated rings. The first kappa shape index (κ1) is 22.7. The number of rotatable bonds is 6. The molecule has 1 aromatic carbocycles. The lowest BCUT2D eigenvalue weighted by molar-refractivity contribution is 0.476. The highest BCUT2D eigenvalue weighted by atomic mass is 32.2. The van der Waals surface area contributed by atoms with E-state index in [9.17, 15) is 18.8 Å². The van der Waals surface area contributed by atoms with Crippen LogP contribution in [-0.4, -0.2) is 44.3 Å². The van der Waals surface area contributed by atoms with Gasteiger partial charge in [-0.15, -0.1) is 0 Å². The van der Waals surface area contributed by atoms with Crippen molar-refractivity contribution in [2.75, 3.05) is 22.0 Å². The second kappa shape index (κ2) is 8.49. The van der Waals surface area contributed by atoms with E-state index in [2.05, 4.69) is 25.1 Å². The molecular weight excluding hydrogens is 458 g/mol. The van der Waals surface area contributed by atoms with Crippen molar-refractivity contribution in [3.05, 3.63) is 53.7 Å². The molecule has 0 radical (unpaired) electrons. The normalized spacial score (nSPS) is 12.3. The summed E-state index contributed by atoms with van der Waals surface area (Å²) >= 11 is 0. The van der Waals surface area contributed by atoms with Crippen LogP contribution in [0.25, 0.3) is 16.8 Å². The number of nitriles is 1. The van der Waals surface area contributed by atoms with Crippen molar-refractivity contribution in [2.45, 2.75) is 19.9 Å². The van der Waals surface area contributed by atoms with Crippen molar-refractivity contribution in [1.29, 1.82) is 5.26 Å². The van der Waals surface area contributed by atoms with E-state index in [1.54, 1.807) is 23.7 Å². The molecule has 174 valence electrons. The Bertz CT molecular complexity index is 1560. The molecule has 0 amide bonds. The van der Waals surface area contributed by atoms with E-state index in [0.29, 0.717) is 22.6 Å². The molecule has 0 unspecified atom stereocenters. The molecule has 0 saturated carbocycles. The smallest absolute Gasteiger partial charge is 0.229 e. The van der Waals surface area contributed by atoms with Crippen LogP contribution in [-0.2, 0) is 10.0 Å². The lowest BCUT2D eigenvalue weighted by Crippen LogP contribution is -2.16. The van der Waals surface area contributed by atoms with Crippen LogP contribution >= 0.6 is 0 Å². The van der Waals surface area contributed by atoms with E-state index in [4.69, 9.17) is 10.7 Å². The Labute approximate surface area is 195 Å². The number of nitrogens with zero attached hydrogens (tertiary/aromatic N) is 6. The number of hydrogen-bond donors (Lipinski definition) is 4. The molecule has 0 aliphatic carbocycles. The number of phenols is 1. The largest absolute Gasteiger partial charge is 0.508 e. The predicted molar refractivity (Wildman–Crippen MR) is 126 cm³/mol. The van der Waals surface area contributed by atoms with Crippen LogP contribution in [0.4, 0.5) is 17.3 Å². The van der Waals surface area contributed by atoms with E-state index in [1.807, 2.05) is 19.1 Å². The molecule has 12 nitrogen and oxygen atoms in total. The molecule has 34 heavy (non-hydrogen) atoms. The monoisotopic (exact) mass is 479 g/mol. The third-order valence-corrected chi connectivity index (χ3v) is 5.56. The molecule has 4 rings (SSSR count). The van der Waals surface area contributed by atoms with Crippen molar-refractivity contribution in [3.63, 3.8) is 0 Å². The number of hydrogen-bond acceptors (Lipinski definition) is 10. The quantitative estimate of drug-likeness (QED) is 0.319. The zero-order chi connectivity index (χ0) is 24.6. The van der Waals surface area contributed by atoms with Crippen molar-refractivity contribution >= 4 is 32.9 Å². The van der Waals surface area contributed by atoms with Gasteiger partial charge in [-0.1, -0.05) is 0 Å². The lowest BCUT2D eigenvalue weighted by atomic mass is 10.1. The molecule has 0 aliphatic heterocycles. The Morgan fingerprint density at radius 3 is 2.74 bits per heavy atom. The van der Waals surface area contributed by atoms with Crippen LogP contribution in [0.5, 0.6) is 5.75 Å². The third-order valence-electron chi connectivity index (χ3n) is 4.95. The lowest BCUT2D eigenvalue weighted by Gasteiger charge is -2.17. The van der Waals surface area contributed by atoms with Gasteiger partial charge in [-0.3, -0.25) is 4.72 Å². The van der Waals surface area contributed by atoms with Crippen molar-refractivity contribution in [1.82, 2.24) is 24.6 Å². The Morgan fingerprint density at radius 1 is 1.26 bits per heavy atom. The predicted octanol–water partition coefficient (Wildman–Crippen LogP) is 2.20. The molecule has 3 aromatic heterocycles. The van der Waals surface area contributed by atoms with E-state index in [-0.39, 0.29) is 28.6 Å². The Kier molecular flexibility index (Phi) is 5.68. The van der Waals surface area contributed by atoms with Gasteiger partial charge in [0.05, 0.1) is 29.2 Å². The van der Waals surface area contributed by atoms with Crippen molar-refractivity contribution in [3.8, 4) is 23.1 Å². The summed E-state index contributed by atoms with van der Waals surface area (Å²) in [6, 6.07) is 7.72. The fraction of sp³-hybridized carbons (Fsp3) is 0.190. The average molecular weight is 480 g/mol. The molecule has 0 bridgehead atoms. The van der Waals surface area contributed by atoms with Gasteiger partial charge in [0.25, 0.3) is 0 Å². The number of fused-ring (bicyclic) bond motifs is 1. The SMILES string of the molecule is Cc1ccn2nc([C@H](C)Nc3ncnc(N)c3C#N)nc(-c3cc(O)cc(NS(C)(=O)=O)c3)c12. The molecule has 0 saturated heterocycles. The van der Waals surface area contributed by atoms with Gasteiger partial charge in [0.2, 0.25) is 10.0 Å². The fourth-order valence-electron chi connectivity index (χ4n) is 3.49. The topological polar surface area (TPSA) is 184 Å². The number of anilines is 3. The van der Waals surface area contributed by atoms with Crippen LogP contribution in [0.15, 0.2) is 36.8 Å². The summed E-state index contributed by atoms with van der Waals surface area (Å²) in [5, 5.41) is 27.3. The Hall–Kier alpha value is -4.44. The first-order valence-electron chi connectivity index (χ1n) is 10.0. The first-order valence-corrected chi connectivity index (χ1v) is 11.9. The van der Waals surface area contributed by atoms with E-state index in [0.717, 1.165) is 11.8 Å². The average Bonchev–Trinajstić information content (AvgIpc) is 3.12. The number of aryl methyl sites for hydroxylation is 1. The molecule has 1 atom stereocenters. The van der Waals surface area contributed by atoms with E-state index in [1.165, 1.54) is 18.5 Å². The summed E-state index contributed by atoms with van der Waals surface area (Å²) in [4.78, 5) is 12.6. The molecule has 3 heterocycles. The molecular formula is C21H21N9O3S. The number of nitrogen functional groups attached to an aromatic ring is 1. The number of phenolic OH excluding ortho intramolecular Hbond substituents is 1. The van der Waals surface area contributed by atoms with Gasteiger partial charge in [0.1, 0.15) is 35.3 Å². The number of nitrogens with one attached hydrogen (secondary N) is 2. The van der Waals surface area contributed by atoms with Crippen molar-refractivity contribution < 1.29 is 13.5 Å². The minimum absolute atomic E-state index is 0.0518. The first-order chi connectivity index (χ1) is 16.1. The maximum absolute atomic E-state index is 11.7. The molecule has 5 N–H and O–H groups in total. The number of aromatic hydroxyl groups is 1. The standard InChI is InChI=1S/C21H21N9O3S/c1-11-4-5-30-18(11)17(13-6-14(8-15(31)7-13)29-34(3,32)33)27-20(28-30)12(2)26-21-16(9-22)19(23)24-10-25-21/h4-8,10,12,29,31H,1-3H3,(H3,23,24,25,26)/t12-/m0/s1. The number of aromatic nitrogens is 5. The summed E-state index contributed by atoms with van der Waals surface area (Å²) in [7, 11) is -3.56. The fourth-order valence-corrected chi connectivity index (χ4v) is 4.04. The van der Waals surface area contributed by atoms with Crippen LogP contribution in [0.2, 0.25) is 0 Å².